The lowest BCUT2D eigenvalue weighted by atomic mass is 10.3. The number of aryl methyl sites for hydroxylation is 2. The first-order valence-electron chi connectivity index (χ1n) is 8.22. The Labute approximate surface area is 163 Å². The normalized spacial score (nSPS) is 11.0. The van der Waals surface area contributed by atoms with E-state index in [9.17, 15) is 4.79 Å². The molecule has 1 amide bonds. The summed E-state index contributed by atoms with van der Waals surface area (Å²) in [7, 11) is 0. The summed E-state index contributed by atoms with van der Waals surface area (Å²) in [4.78, 5) is 25.2. The fourth-order valence-electron chi connectivity index (χ4n) is 2.61. The van der Waals surface area contributed by atoms with Crippen molar-refractivity contribution in [2.24, 2.45) is 0 Å². The molecule has 0 fully saturated rings. The lowest BCUT2D eigenvalue weighted by Gasteiger charge is -2.06. The SMILES string of the molecule is Cc1cc(C)n(-c2cc(NC(=O)CSc3nc4ccccc4s3)ncn2)n1. The van der Waals surface area contributed by atoms with Crippen LogP contribution in [0.3, 0.4) is 0 Å². The smallest absolute Gasteiger partial charge is 0.235 e. The van der Waals surface area contributed by atoms with Gasteiger partial charge in [0.05, 0.1) is 21.7 Å². The molecule has 3 heterocycles. The Balaban J connectivity index is 1.42. The zero-order chi connectivity index (χ0) is 18.8. The van der Waals surface area contributed by atoms with Gasteiger partial charge in [-0.15, -0.1) is 11.3 Å². The Hall–Kier alpha value is -2.78. The molecule has 0 bridgehead atoms. The van der Waals surface area contributed by atoms with Crippen molar-refractivity contribution in [1.82, 2.24) is 24.7 Å². The number of carbonyl (C=O) groups is 1. The molecule has 4 aromatic rings. The van der Waals surface area contributed by atoms with Crippen LogP contribution < -0.4 is 5.32 Å². The van der Waals surface area contributed by atoms with E-state index in [-0.39, 0.29) is 11.7 Å². The second-order valence-electron chi connectivity index (χ2n) is 5.88. The number of para-hydroxylation sites is 1. The Morgan fingerprint density at radius 1 is 1.22 bits per heavy atom. The molecule has 136 valence electrons. The van der Waals surface area contributed by atoms with E-state index in [1.807, 2.05) is 44.2 Å². The van der Waals surface area contributed by atoms with Crippen molar-refractivity contribution in [2.45, 2.75) is 18.2 Å². The molecule has 0 spiro atoms. The summed E-state index contributed by atoms with van der Waals surface area (Å²) in [5, 5.41) is 7.21. The van der Waals surface area contributed by atoms with Crippen molar-refractivity contribution >= 4 is 45.0 Å². The molecule has 0 saturated heterocycles. The monoisotopic (exact) mass is 396 g/mol. The molecule has 1 N–H and O–H groups in total. The molecule has 7 nitrogen and oxygen atoms in total. The molecule has 0 aliphatic heterocycles. The van der Waals surface area contributed by atoms with Gasteiger partial charge >= 0.3 is 0 Å². The van der Waals surface area contributed by atoms with E-state index >= 15 is 0 Å². The van der Waals surface area contributed by atoms with E-state index in [0.29, 0.717) is 11.6 Å². The zero-order valence-corrected chi connectivity index (χ0v) is 16.3. The number of hydrogen-bond acceptors (Lipinski definition) is 7. The van der Waals surface area contributed by atoms with Crippen LogP contribution in [0.2, 0.25) is 0 Å². The first kappa shape index (κ1) is 17.6. The van der Waals surface area contributed by atoms with Crippen molar-refractivity contribution in [3.05, 3.63) is 54.1 Å². The van der Waals surface area contributed by atoms with Gasteiger partial charge < -0.3 is 5.32 Å². The molecule has 4 rings (SSSR count). The molecule has 9 heteroatoms. The molecule has 0 aliphatic carbocycles. The van der Waals surface area contributed by atoms with E-state index in [0.717, 1.165) is 25.9 Å². The number of thioether (sulfide) groups is 1. The fraction of sp³-hybridized carbons (Fsp3) is 0.167. The highest BCUT2D eigenvalue weighted by Crippen LogP contribution is 2.29. The maximum Gasteiger partial charge on any atom is 0.235 e. The molecule has 0 aliphatic rings. The van der Waals surface area contributed by atoms with Crippen LogP contribution in [-0.4, -0.2) is 36.4 Å². The number of amides is 1. The van der Waals surface area contributed by atoms with Crippen molar-refractivity contribution in [3.8, 4) is 5.82 Å². The second-order valence-corrected chi connectivity index (χ2v) is 8.14. The molecule has 0 atom stereocenters. The summed E-state index contributed by atoms with van der Waals surface area (Å²) in [6.07, 6.45) is 1.42. The summed E-state index contributed by atoms with van der Waals surface area (Å²) in [5.41, 5.74) is 2.83. The predicted octanol–water partition coefficient (Wildman–Crippen LogP) is 3.62. The Morgan fingerprint density at radius 2 is 2.07 bits per heavy atom. The molecule has 1 aromatic carbocycles. The minimum Gasteiger partial charge on any atom is -0.310 e. The number of hydrogen-bond donors (Lipinski definition) is 1. The summed E-state index contributed by atoms with van der Waals surface area (Å²) in [5.74, 6) is 1.18. The largest absolute Gasteiger partial charge is 0.310 e. The molecule has 3 aromatic heterocycles. The number of rotatable bonds is 5. The third-order valence-corrected chi connectivity index (χ3v) is 5.93. The summed E-state index contributed by atoms with van der Waals surface area (Å²) >= 11 is 3.00. The second kappa shape index (κ2) is 7.45. The number of fused-ring (bicyclic) bond motifs is 1. The van der Waals surface area contributed by atoms with Gasteiger partial charge in [0.25, 0.3) is 0 Å². The molecule has 0 saturated carbocycles. The van der Waals surface area contributed by atoms with Gasteiger partial charge in [-0.05, 0) is 32.0 Å². The van der Waals surface area contributed by atoms with Crippen LogP contribution in [0.15, 0.2) is 47.1 Å². The fourth-order valence-corrected chi connectivity index (χ4v) is 4.48. The number of anilines is 1. The van der Waals surface area contributed by atoms with Crippen LogP contribution in [0.5, 0.6) is 0 Å². The van der Waals surface area contributed by atoms with Crippen LogP contribution in [-0.2, 0) is 4.79 Å². The molecule has 0 radical (unpaired) electrons. The third-order valence-electron chi connectivity index (χ3n) is 3.75. The third kappa shape index (κ3) is 3.99. The van der Waals surface area contributed by atoms with Gasteiger partial charge in [0, 0.05) is 11.8 Å². The van der Waals surface area contributed by atoms with Crippen LogP contribution >= 0.6 is 23.1 Å². The minimum absolute atomic E-state index is 0.141. The average Bonchev–Trinajstić information content (AvgIpc) is 3.22. The maximum atomic E-state index is 12.3. The first-order valence-corrected chi connectivity index (χ1v) is 10.0. The van der Waals surface area contributed by atoms with Gasteiger partial charge in [0.1, 0.15) is 12.1 Å². The van der Waals surface area contributed by atoms with Gasteiger partial charge in [-0.2, -0.15) is 5.10 Å². The summed E-state index contributed by atoms with van der Waals surface area (Å²) in [6, 6.07) is 11.6. The van der Waals surface area contributed by atoms with Gasteiger partial charge in [-0.3, -0.25) is 4.79 Å². The minimum atomic E-state index is -0.141. The molecular weight excluding hydrogens is 380 g/mol. The number of nitrogens with zero attached hydrogens (tertiary/aromatic N) is 5. The van der Waals surface area contributed by atoms with E-state index < -0.39 is 0 Å². The Bertz CT molecular complexity index is 1090. The summed E-state index contributed by atoms with van der Waals surface area (Å²) < 4.78 is 3.71. The standard InChI is InChI=1S/C18H16N6OS2/c1-11-7-12(2)24(23-11)16-8-15(19-10-20-16)22-17(25)9-26-18-21-13-5-3-4-6-14(13)27-18/h3-8,10H,9H2,1-2H3,(H,19,20,22,25). The lowest BCUT2D eigenvalue weighted by Crippen LogP contribution is -2.15. The van der Waals surface area contributed by atoms with E-state index in [1.54, 1.807) is 22.1 Å². The van der Waals surface area contributed by atoms with Crippen LogP contribution in [0.1, 0.15) is 11.4 Å². The number of thiazole rings is 1. The Kier molecular flexibility index (Phi) is 4.87. The Morgan fingerprint density at radius 3 is 2.85 bits per heavy atom. The van der Waals surface area contributed by atoms with Crippen molar-refractivity contribution in [2.75, 3.05) is 11.1 Å². The van der Waals surface area contributed by atoms with Crippen LogP contribution in [0, 0.1) is 13.8 Å². The van der Waals surface area contributed by atoms with Crippen molar-refractivity contribution in [3.63, 3.8) is 0 Å². The zero-order valence-electron chi connectivity index (χ0n) is 14.7. The maximum absolute atomic E-state index is 12.3. The van der Waals surface area contributed by atoms with Gasteiger partial charge in [-0.1, -0.05) is 23.9 Å². The van der Waals surface area contributed by atoms with Crippen molar-refractivity contribution < 1.29 is 4.79 Å². The highest BCUT2D eigenvalue weighted by molar-refractivity contribution is 8.01. The lowest BCUT2D eigenvalue weighted by molar-refractivity contribution is -0.113. The van der Waals surface area contributed by atoms with E-state index in [2.05, 4.69) is 25.4 Å². The topological polar surface area (TPSA) is 85.6 Å². The molecule has 27 heavy (non-hydrogen) atoms. The number of benzene rings is 1. The van der Waals surface area contributed by atoms with Crippen LogP contribution in [0.25, 0.3) is 16.0 Å². The van der Waals surface area contributed by atoms with Gasteiger partial charge in [-0.25, -0.2) is 19.6 Å². The van der Waals surface area contributed by atoms with Crippen molar-refractivity contribution in [1.29, 1.82) is 0 Å². The molecular formula is C18H16N6OS2. The van der Waals surface area contributed by atoms with Crippen LogP contribution in [0.4, 0.5) is 5.82 Å². The highest BCUT2D eigenvalue weighted by Gasteiger charge is 2.11. The number of carbonyl (C=O) groups excluding carboxylic acids is 1. The highest BCUT2D eigenvalue weighted by atomic mass is 32.2. The first-order chi connectivity index (χ1) is 13.1. The van der Waals surface area contributed by atoms with E-state index in [4.69, 9.17) is 0 Å². The number of aromatic nitrogens is 5. The van der Waals surface area contributed by atoms with Gasteiger partial charge in [0.2, 0.25) is 5.91 Å². The quantitative estimate of drug-likeness (QED) is 0.519. The van der Waals surface area contributed by atoms with E-state index in [1.165, 1.54) is 18.1 Å². The molecule has 0 unspecified atom stereocenters. The summed E-state index contributed by atoms with van der Waals surface area (Å²) in [6.45, 7) is 3.88. The predicted molar refractivity (Wildman–Crippen MR) is 108 cm³/mol. The average molecular weight is 397 g/mol. The van der Waals surface area contributed by atoms with Gasteiger partial charge in [0.15, 0.2) is 10.2 Å². The number of nitrogens with one attached hydrogen (secondary N) is 1.